The summed E-state index contributed by atoms with van der Waals surface area (Å²) in [6.45, 7) is 0.285. The smallest absolute Gasteiger partial charge is 0.256 e. The van der Waals surface area contributed by atoms with Crippen LogP contribution < -0.4 is 5.43 Å². The number of amides is 1. The molecule has 3 aliphatic rings. The van der Waals surface area contributed by atoms with E-state index in [0.29, 0.717) is 23.4 Å². The number of pyridine rings is 1. The summed E-state index contributed by atoms with van der Waals surface area (Å²) in [6, 6.07) is 5.74. The van der Waals surface area contributed by atoms with Crippen LogP contribution >= 0.6 is 0 Å². The van der Waals surface area contributed by atoms with Gasteiger partial charge in [-0.2, -0.15) is 0 Å². The van der Waals surface area contributed by atoms with E-state index in [1.165, 1.54) is 17.0 Å². The number of hydrogen-bond acceptors (Lipinski definition) is 4. The zero-order valence-corrected chi connectivity index (χ0v) is 15.7. The Morgan fingerprint density at radius 2 is 2.10 bits per heavy atom. The second kappa shape index (κ2) is 6.63. The molecule has 0 bridgehead atoms. The van der Waals surface area contributed by atoms with E-state index in [-0.39, 0.29) is 29.6 Å². The number of carbonyl (C=O) groups is 1. The van der Waals surface area contributed by atoms with E-state index < -0.39 is 11.6 Å². The Morgan fingerprint density at radius 3 is 2.93 bits per heavy atom. The van der Waals surface area contributed by atoms with Crippen molar-refractivity contribution in [1.29, 1.82) is 0 Å². The highest BCUT2D eigenvalue weighted by molar-refractivity contribution is 5.97. The molecule has 0 saturated carbocycles. The minimum absolute atomic E-state index is 0.00715. The minimum Gasteiger partial charge on any atom is -0.328 e. The number of aromatic nitrogens is 1. The fraction of sp³-hybridized carbons (Fsp3) is 0.182. The molecule has 0 radical (unpaired) electrons. The molecule has 1 aliphatic carbocycles. The molecule has 0 saturated heterocycles. The molecule has 3 heterocycles. The summed E-state index contributed by atoms with van der Waals surface area (Å²) < 4.78 is 29.9. The number of benzene rings is 1. The fourth-order valence-electron chi connectivity index (χ4n) is 4.03. The Balaban J connectivity index is 1.44. The van der Waals surface area contributed by atoms with Crippen LogP contribution in [0.15, 0.2) is 60.5 Å². The van der Waals surface area contributed by atoms with Crippen LogP contribution in [0.4, 0.5) is 8.78 Å². The van der Waals surface area contributed by atoms with Crippen molar-refractivity contribution in [2.24, 2.45) is 0 Å². The molecule has 1 amide bonds. The first-order valence-electron chi connectivity index (χ1n) is 9.32. The van der Waals surface area contributed by atoms with Gasteiger partial charge in [0.2, 0.25) is 0 Å². The summed E-state index contributed by atoms with van der Waals surface area (Å²) in [4.78, 5) is 18.2. The Bertz CT molecular complexity index is 1120. The van der Waals surface area contributed by atoms with Crippen molar-refractivity contribution < 1.29 is 13.6 Å². The van der Waals surface area contributed by atoms with Gasteiger partial charge in [-0.05, 0) is 35.4 Å². The van der Waals surface area contributed by atoms with Gasteiger partial charge in [-0.3, -0.25) is 9.78 Å². The quantitative estimate of drug-likeness (QED) is 0.872. The minimum atomic E-state index is -0.537. The Labute approximate surface area is 166 Å². The molecule has 7 heteroatoms. The molecule has 5 rings (SSSR count). The number of hydrazine groups is 1. The van der Waals surface area contributed by atoms with Crippen molar-refractivity contribution in [1.82, 2.24) is 20.3 Å². The molecule has 29 heavy (non-hydrogen) atoms. The van der Waals surface area contributed by atoms with Gasteiger partial charge in [0.15, 0.2) is 0 Å². The number of nitrogens with one attached hydrogen (secondary N) is 1. The van der Waals surface area contributed by atoms with E-state index in [1.807, 2.05) is 25.4 Å². The van der Waals surface area contributed by atoms with E-state index in [9.17, 15) is 13.6 Å². The lowest BCUT2D eigenvalue weighted by Gasteiger charge is -2.20. The van der Waals surface area contributed by atoms with Gasteiger partial charge in [0.25, 0.3) is 5.91 Å². The Hall–Kier alpha value is -3.32. The second-order valence-electron chi connectivity index (χ2n) is 7.35. The van der Waals surface area contributed by atoms with Crippen molar-refractivity contribution in [2.45, 2.75) is 19.1 Å². The van der Waals surface area contributed by atoms with E-state index in [4.69, 9.17) is 0 Å². The van der Waals surface area contributed by atoms with Gasteiger partial charge >= 0.3 is 0 Å². The normalized spacial score (nSPS) is 20.0. The number of carbonyl (C=O) groups excluding carboxylic acids is 1. The average molecular weight is 392 g/mol. The molecule has 1 aromatic heterocycles. The van der Waals surface area contributed by atoms with Gasteiger partial charge in [0.05, 0.1) is 23.8 Å². The number of halogens is 2. The van der Waals surface area contributed by atoms with E-state index >= 15 is 0 Å². The van der Waals surface area contributed by atoms with Gasteiger partial charge in [-0.15, -0.1) is 0 Å². The summed E-state index contributed by atoms with van der Waals surface area (Å²) in [5.74, 6) is -1.27. The van der Waals surface area contributed by atoms with Gasteiger partial charge < -0.3 is 9.91 Å². The van der Waals surface area contributed by atoms with Crippen molar-refractivity contribution in [2.75, 3.05) is 7.05 Å². The van der Waals surface area contributed by atoms with E-state index in [0.717, 1.165) is 5.57 Å². The maximum Gasteiger partial charge on any atom is 0.256 e. The van der Waals surface area contributed by atoms with Crippen LogP contribution in [0.3, 0.4) is 0 Å². The van der Waals surface area contributed by atoms with Crippen LogP contribution in [-0.4, -0.2) is 33.9 Å². The molecule has 2 aromatic rings. The average Bonchev–Trinajstić information content (AvgIpc) is 3.24. The molecular weight excluding hydrogens is 374 g/mol. The van der Waals surface area contributed by atoms with Gasteiger partial charge in [-0.1, -0.05) is 18.2 Å². The highest BCUT2D eigenvalue weighted by atomic mass is 19.1. The molecule has 1 aromatic carbocycles. The first-order chi connectivity index (χ1) is 14.0. The zero-order valence-electron chi connectivity index (χ0n) is 15.7. The topological polar surface area (TPSA) is 48.5 Å². The van der Waals surface area contributed by atoms with Crippen molar-refractivity contribution in [3.63, 3.8) is 0 Å². The number of allylic oxidation sites excluding steroid dienone is 2. The van der Waals surface area contributed by atoms with Crippen LogP contribution in [0, 0.1) is 11.6 Å². The van der Waals surface area contributed by atoms with Crippen LogP contribution in [0.1, 0.15) is 27.2 Å². The monoisotopic (exact) mass is 392 g/mol. The molecule has 1 N–H and O–H groups in total. The molecule has 2 aliphatic heterocycles. The molecule has 146 valence electrons. The molecule has 0 spiro atoms. The molecular formula is C22H18F2N4O. The highest BCUT2D eigenvalue weighted by Crippen LogP contribution is 2.35. The summed E-state index contributed by atoms with van der Waals surface area (Å²) in [6.07, 6.45) is 9.08. The van der Waals surface area contributed by atoms with E-state index in [1.54, 1.807) is 29.4 Å². The van der Waals surface area contributed by atoms with Gasteiger partial charge in [0, 0.05) is 37.1 Å². The standard InChI is InChI=1S/C22H18F2N4O/c1-27-11-17-14(4-2-6-20(17)26-27)16-9-18(23)13(8-19(16)24)10-28-12-21-15(22(28)29)5-3-7-25-21/h2-9,11,20,26H,10,12H2,1H3. The Kier molecular flexibility index (Phi) is 4.06. The molecule has 5 nitrogen and oxygen atoms in total. The van der Waals surface area contributed by atoms with Crippen molar-refractivity contribution in [3.05, 3.63) is 94.5 Å². The fourth-order valence-corrected chi connectivity index (χ4v) is 4.03. The van der Waals surface area contributed by atoms with Crippen LogP contribution in [0.2, 0.25) is 0 Å². The third-order valence-electron chi connectivity index (χ3n) is 5.42. The van der Waals surface area contributed by atoms with Crippen LogP contribution in [-0.2, 0) is 13.1 Å². The SMILES string of the molecule is CN1C=C2C(c3cc(F)c(CN4Cc5ncccc5C4=O)cc3F)=CC=CC2N1. The predicted octanol–water partition coefficient (Wildman–Crippen LogP) is 3.17. The Morgan fingerprint density at radius 1 is 1.24 bits per heavy atom. The number of hydrogen-bond donors (Lipinski definition) is 1. The second-order valence-corrected chi connectivity index (χ2v) is 7.35. The number of rotatable bonds is 3. The summed E-state index contributed by atoms with van der Waals surface area (Å²) >= 11 is 0. The first-order valence-corrected chi connectivity index (χ1v) is 9.32. The lowest BCUT2D eigenvalue weighted by Crippen LogP contribution is -2.32. The third kappa shape index (κ3) is 2.94. The highest BCUT2D eigenvalue weighted by Gasteiger charge is 2.30. The number of fused-ring (bicyclic) bond motifs is 2. The third-order valence-corrected chi connectivity index (χ3v) is 5.42. The van der Waals surface area contributed by atoms with Crippen LogP contribution in [0.5, 0.6) is 0 Å². The molecule has 0 fully saturated rings. The lowest BCUT2D eigenvalue weighted by atomic mass is 9.89. The van der Waals surface area contributed by atoms with E-state index in [2.05, 4.69) is 10.4 Å². The van der Waals surface area contributed by atoms with Crippen LogP contribution in [0.25, 0.3) is 5.57 Å². The largest absolute Gasteiger partial charge is 0.328 e. The number of nitrogens with zero attached hydrogens (tertiary/aromatic N) is 3. The lowest BCUT2D eigenvalue weighted by molar-refractivity contribution is 0.0764. The molecule has 1 unspecified atom stereocenters. The van der Waals surface area contributed by atoms with Gasteiger partial charge in [0.1, 0.15) is 11.6 Å². The summed E-state index contributed by atoms with van der Waals surface area (Å²) in [5.41, 5.74) is 6.27. The first kappa shape index (κ1) is 17.8. The zero-order chi connectivity index (χ0) is 20.1. The summed E-state index contributed by atoms with van der Waals surface area (Å²) in [7, 11) is 1.86. The maximum absolute atomic E-state index is 15.0. The molecule has 1 atom stereocenters. The van der Waals surface area contributed by atoms with Crippen molar-refractivity contribution >= 4 is 11.5 Å². The van der Waals surface area contributed by atoms with Crippen molar-refractivity contribution in [3.8, 4) is 0 Å². The van der Waals surface area contributed by atoms with Gasteiger partial charge in [-0.25, -0.2) is 14.2 Å². The maximum atomic E-state index is 15.0. The summed E-state index contributed by atoms with van der Waals surface area (Å²) in [5, 5.41) is 1.80. The predicted molar refractivity (Wildman–Crippen MR) is 104 cm³/mol.